The molecule has 3 rings (SSSR count). The summed E-state index contributed by atoms with van der Waals surface area (Å²) in [4.78, 5) is 22.9. The van der Waals surface area contributed by atoms with Crippen molar-refractivity contribution in [2.75, 3.05) is 6.54 Å². The van der Waals surface area contributed by atoms with Crippen molar-refractivity contribution in [1.82, 2.24) is 4.90 Å². The molecule has 5 heteroatoms. The number of carbonyl (C=O) groups is 2. The van der Waals surface area contributed by atoms with Crippen molar-refractivity contribution in [3.63, 3.8) is 0 Å². The molecule has 4 nitrogen and oxygen atoms in total. The van der Waals surface area contributed by atoms with E-state index in [2.05, 4.69) is 0 Å². The fourth-order valence-corrected chi connectivity index (χ4v) is 2.26. The van der Waals surface area contributed by atoms with Crippen LogP contribution in [0, 0.1) is 5.92 Å². The molecule has 1 saturated carbocycles. The fourth-order valence-electron chi connectivity index (χ4n) is 2.26. The van der Waals surface area contributed by atoms with E-state index in [9.17, 15) is 14.0 Å². The number of halogens is 1. The number of benzene rings is 1. The summed E-state index contributed by atoms with van der Waals surface area (Å²) in [5, 5.41) is 8.05. The fraction of sp³-hybridized carbons (Fsp3) is 0.412. The third-order valence-electron chi connectivity index (χ3n) is 3.91. The van der Waals surface area contributed by atoms with E-state index in [1.54, 1.807) is 11.8 Å². The molecule has 1 amide bonds. The van der Waals surface area contributed by atoms with Crippen LogP contribution < -0.4 is 0 Å². The molecule has 22 heavy (non-hydrogen) atoms. The highest BCUT2D eigenvalue weighted by Gasteiger charge is 2.32. The molecular weight excluding hydrogens is 285 g/mol. The predicted octanol–water partition coefficient (Wildman–Crippen LogP) is 3.31. The predicted molar refractivity (Wildman–Crippen MR) is 80.7 cm³/mol. The minimum absolute atomic E-state index is 0.0185. The van der Waals surface area contributed by atoms with Crippen LogP contribution in [-0.2, 0) is 9.59 Å². The molecule has 118 valence electrons. The Morgan fingerprint density at radius 2 is 1.91 bits per heavy atom. The summed E-state index contributed by atoms with van der Waals surface area (Å²) in [5.74, 6) is -1.70. The highest BCUT2D eigenvalue weighted by atomic mass is 19.1. The monoisotopic (exact) mass is 305 g/mol. The summed E-state index contributed by atoms with van der Waals surface area (Å²) in [6, 6.07) is 9.57. The van der Waals surface area contributed by atoms with Gasteiger partial charge in [0.2, 0.25) is 0 Å². The van der Waals surface area contributed by atoms with Crippen molar-refractivity contribution >= 4 is 11.9 Å². The van der Waals surface area contributed by atoms with Crippen LogP contribution in [0.4, 0.5) is 4.39 Å². The number of amides is 1. The second kappa shape index (κ2) is 6.73. The number of carboxylic acids is 1. The lowest BCUT2D eigenvalue weighted by Crippen LogP contribution is -2.29. The number of carbonyl (C=O) groups excluding carboxylic acids is 1. The minimum Gasteiger partial charge on any atom is -0.481 e. The molecule has 1 atom stereocenters. The summed E-state index contributed by atoms with van der Waals surface area (Å²) in [6.07, 6.45) is 1.80. The Bertz CT molecular complexity index is 593. The summed E-state index contributed by atoms with van der Waals surface area (Å²) in [7, 11) is 0. The van der Waals surface area contributed by atoms with Gasteiger partial charge in [0.05, 0.1) is 12.0 Å². The third-order valence-corrected chi connectivity index (χ3v) is 3.91. The Labute approximate surface area is 129 Å². The van der Waals surface area contributed by atoms with Gasteiger partial charge >= 0.3 is 5.97 Å². The molecule has 1 aromatic carbocycles. The normalized spacial score (nSPS) is 18.9. The van der Waals surface area contributed by atoms with Crippen molar-refractivity contribution < 1.29 is 19.1 Å². The second-order valence-electron chi connectivity index (χ2n) is 5.73. The Balaban J connectivity index is 0.000000246. The maximum Gasteiger partial charge on any atom is 0.306 e. The molecule has 1 aliphatic heterocycles. The number of aliphatic carboxylic acids is 1. The van der Waals surface area contributed by atoms with Crippen LogP contribution in [0.15, 0.2) is 41.7 Å². The van der Waals surface area contributed by atoms with Crippen molar-refractivity contribution in [3.8, 4) is 0 Å². The maximum atomic E-state index is 13.3. The first-order valence-electron chi connectivity index (χ1n) is 7.35. The Kier molecular flexibility index (Phi) is 4.96. The molecular formula is C17H20FNO3. The number of rotatable bonds is 3. The van der Waals surface area contributed by atoms with Gasteiger partial charge in [-0.05, 0) is 37.8 Å². The highest BCUT2D eigenvalue weighted by Crippen LogP contribution is 2.29. The zero-order chi connectivity index (χ0) is 16.3. The van der Waals surface area contributed by atoms with E-state index in [1.807, 2.05) is 37.3 Å². The standard InChI is InChI=1S/C13H14FNO.C4H6O2/c1-9-8-15(13(16)12(9)14)10(2)11-6-4-3-5-7-11;5-4(6)3-1-2-3/h3-7,10H,8H2,1-2H3;3H,1-2H2,(H,5,6)/t10-;/m0./s1. The molecule has 1 fully saturated rings. The van der Waals surface area contributed by atoms with E-state index in [1.165, 1.54) is 0 Å². The molecule has 0 spiro atoms. The summed E-state index contributed by atoms with van der Waals surface area (Å²) >= 11 is 0. The van der Waals surface area contributed by atoms with Crippen molar-refractivity contribution in [3.05, 3.63) is 47.3 Å². The van der Waals surface area contributed by atoms with Gasteiger partial charge in [0.15, 0.2) is 5.83 Å². The molecule has 1 heterocycles. The first-order valence-corrected chi connectivity index (χ1v) is 7.35. The molecule has 2 aliphatic rings. The van der Waals surface area contributed by atoms with Crippen molar-refractivity contribution in [2.24, 2.45) is 5.92 Å². The van der Waals surface area contributed by atoms with Gasteiger partial charge in [-0.15, -0.1) is 0 Å². The quantitative estimate of drug-likeness (QED) is 0.932. The zero-order valence-electron chi connectivity index (χ0n) is 12.8. The van der Waals surface area contributed by atoms with Crippen LogP contribution in [0.3, 0.4) is 0 Å². The number of hydrogen-bond donors (Lipinski definition) is 1. The van der Waals surface area contributed by atoms with E-state index < -0.39 is 17.7 Å². The lowest BCUT2D eigenvalue weighted by atomic mass is 10.1. The molecule has 0 bridgehead atoms. The van der Waals surface area contributed by atoms with Crippen LogP contribution in [0.5, 0.6) is 0 Å². The lowest BCUT2D eigenvalue weighted by Gasteiger charge is -2.24. The summed E-state index contributed by atoms with van der Waals surface area (Å²) < 4.78 is 13.3. The Morgan fingerprint density at radius 1 is 1.32 bits per heavy atom. The summed E-state index contributed by atoms with van der Waals surface area (Å²) in [5.41, 5.74) is 1.55. The van der Waals surface area contributed by atoms with E-state index in [0.717, 1.165) is 18.4 Å². The van der Waals surface area contributed by atoms with Gasteiger partial charge in [0.25, 0.3) is 5.91 Å². The topological polar surface area (TPSA) is 57.6 Å². The second-order valence-corrected chi connectivity index (χ2v) is 5.73. The van der Waals surface area contributed by atoms with Gasteiger partial charge in [-0.3, -0.25) is 9.59 Å². The van der Waals surface area contributed by atoms with Gasteiger partial charge in [0, 0.05) is 6.54 Å². The van der Waals surface area contributed by atoms with Crippen LogP contribution in [0.2, 0.25) is 0 Å². The van der Waals surface area contributed by atoms with Crippen LogP contribution in [0.25, 0.3) is 0 Å². The molecule has 0 unspecified atom stereocenters. The Hall–Kier alpha value is -2.17. The first kappa shape index (κ1) is 16.2. The maximum absolute atomic E-state index is 13.3. The first-order chi connectivity index (χ1) is 10.4. The number of nitrogens with zero attached hydrogens (tertiary/aromatic N) is 1. The van der Waals surface area contributed by atoms with Gasteiger partial charge < -0.3 is 10.0 Å². The molecule has 0 aromatic heterocycles. The van der Waals surface area contributed by atoms with Gasteiger partial charge in [0.1, 0.15) is 0 Å². The average molecular weight is 305 g/mol. The average Bonchev–Trinajstić information content (AvgIpc) is 3.33. The number of hydrogen-bond acceptors (Lipinski definition) is 2. The molecule has 1 aliphatic carbocycles. The van der Waals surface area contributed by atoms with Crippen LogP contribution in [-0.4, -0.2) is 28.4 Å². The van der Waals surface area contributed by atoms with E-state index in [4.69, 9.17) is 5.11 Å². The van der Waals surface area contributed by atoms with Crippen molar-refractivity contribution in [2.45, 2.75) is 32.7 Å². The molecule has 1 aromatic rings. The van der Waals surface area contributed by atoms with E-state index in [-0.39, 0.29) is 12.0 Å². The Morgan fingerprint density at radius 3 is 2.27 bits per heavy atom. The van der Waals surface area contributed by atoms with E-state index in [0.29, 0.717) is 12.1 Å². The summed E-state index contributed by atoms with van der Waals surface area (Å²) in [6.45, 7) is 3.96. The molecule has 0 saturated heterocycles. The molecule has 0 radical (unpaired) electrons. The van der Waals surface area contributed by atoms with Crippen molar-refractivity contribution in [1.29, 1.82) is 0 Å². The van der Waals surface area contributed by atoms with E-state index >= 15 is 0 Å². The zero-order valence-corrected chi connectivity index (χ0v) is 12.8. The van der Waals surface area contributed by atoms with Crippen LogP contribution in [0.1, 0.15) is 38.3 Å². The number of carboxylic acid groups (broad SMARTS) is 1. The minimum atomic E-state index is -0.630. The highest BCUT2D eigenvalue weighted by molar-refractivity contribution is 5.95. The smallest absolute Gasteiger partial charge is 0.306 e. The SMILES string of the molecule is CC1=C(F)C(=O)N([C@@H](C)c2ccccc2)C1.O=C(O)C1CC1. The van der Waals surface area contributed by atoms with Gasteiger partial charge in [-0.1, -0.05) is 30.3 Å². The van der Waals surface area contributed by atoms with Crippen LogP contribution >= 0.6 is 0 Å². The largest absolute Gasteiger partial charge is 0.481 e. The molecule has 1 N–H and O–H groups in total. The lowest BCUT2D eigenvalue weighted by molar-refractivity contribution is -0.138. The van der Waals surface area contributed by atoms with Gasteiger partial charge in [-0.25, -0.2) is 4.39 Å². The third kappa shape index (κ3) is 3.72. The van der Waals surface area contributed by atoms with Gasteiger partial charge in [-0.2, -0.15) is 0 Å².